The Morgan fingerprint density at radius 2 is 1.62 bits per heavy atom. The van der Waals surface area contributed by atoms with Gasteiger partial charge >= 0.3 is 13.1 Å². The molecule has 1 aromatic carbocycles. The number of ether oxygens (including phenoxy) is 2. The first-order valence-electron chi connectivity index (χ1n) is 8.31. The van der Waals surface area contributed by atoms with Crippen LogP contribution < -0.4 is 15.2 Å². The quantitative estimate of drug-likeness (QED) is 0.749. The number of aromatic carboxylic acids is 1. The summed E-state index contributed by atoms with van der Waals surface area (Å²) in [7, 11) is 2.32. The first kappa shape index (κ1) is 20.3. The van der Waals surface area contributed by atoms with Gasteiger partial charge in [0.1, 0.15) is 11.5 Å². The van der Waals surface area contributed by atoms with Crippen molar-refractivity contribution in [2.45, 2.75) is 38.9 Å². The van der Waals surface area contributed by atoms with Gasteiger partial charge in [-0.2, -0.15) is 0 Å². The molecule has 0 amide bonds. The maximum absolute atomic E-state index is 11.3. The third-order valence-electron chi connectivity index (χ3n) is 4.91. The molecular formula is C18H26BNO6. The van der Waals surface area contributed by atoms with Gasteiger partial charge in [0, 0.05) is 6.54 Å². The van der Waals surface area contributed by atoms with Gasteiger partial charge in [-0.05, 0) is 45.3 Å². The van der Waals surface area contributed by atoms with E-state index in [1.165, 1.54) is 26.4 Å². The van der Waals surface area contributed by atoms with Gasteiger partial charge < -0.3 is 29.6 Å². The van der Waals surface area contributed by atoms with Gasteiger partial charge in [0.15, 0.2) is 0 Å². The fraction of sp³-hybridized carbons (Fsp3) is 0.500. The van der Waals surface area contributed by atoms with Crippen LogP contribution in [-0.4, -0.2) is 50.2 Å². The SMILES string of the molecule is COc1cc(C(=O)O)cc(OC)c1C=C(CN)B1OC(C)(C)C(C)(C)O1. The zero-order valence-corrected chi connectivity index (χ0v) is 16.1. The van der Waals surface area contributed by atoms with E-state index in [-0.39, 0.29) is 12.1 Å². The number of rotatable bonds is 6. The monoisotopic (exact) mass is 363 g/mol. The summed E-state index contributed by atoms with van der Waals surface area (Å²) in [5.74, 6) is -0.337. The van der Waals surface area contributed by atoms with Crippen LogP contribution in [0.1, 0.15) is 43.6 Å². The Morgan fingerprint density at radius 3 is 1.96 bits per heavy atom. The zero-order chi connectivity index (χ0) is 19.7. The van der Waals surface area contributed by atoms with Crippen LogP contribution in [0.5, 0.6) is 11.5 Å². The smallest absolute Gasteiger partial charge is 0.491 e. The Kier molecular flexibility index (Phi) is 5.70. The fourth-order valence-corrected chi connectivity index (χ4v) is 2.61. The Hall–Kier alpha value is -2.03. The lowest BCUT2D eigenvalue weighted by Crippen LogP contribution is -2.41. The number of carbonyl (C=O) groups is 1. The molecule has 0 aliphatic carbocycles. The van der Waals surface area contributed by atoms with Crippen molar-refractivity contribution < 1.29 is 28.7 Å². The van der Waals surface area contributed by atoms with Gasteiger partial charge in [-0.3, -0.25) is 0 Å². The van der Waals surface area contributed by atoms with E-state index in [4.69, 9.17) is 24.5 Å². The molecule has 3 N–H and O–H groups in total. The number of hydrogen-bond acceptors (Lipinski definition) is 6. The van der Waals surface area contributed by atoms with Crippen molar-refractivity contribution in [3.8, 4) is 11.5 Å². The first-order valence-corrected chi connectivity index (χ1v) is 8.31. The van der Waals surface area contributed by atoms with E-state index >= 15 is 0 Å². The molecule has 0 aromatic heterocycles. The highest BCUT2D eigenvalue weighted by molar-refractivity contribution is 6.56. The lowest BCUT2D eigenvalue weighted by atomic mass is 9.77. The van der Waals surface area contributed by atoms with E-state index in [0.717, 1.165) is 0 Å². The minimum absolute atomic E-state index is 0.0702. The van der Waals surface area contributed by atoms with Gasteiger partial charge in [0.2, 0.25) is 0 Å². The average molecular weight is 363 g/mol. The number of carboxylic acids is 1. The highest BCUT2D eigenvalue weighted by Crippen LogP contribution is 2.40. The van der Waals surface area contributed by atoms with E-state index in [0.29, 0.717) is 22.5 Å². The number of carboxylic acid groups (broad SMARTS) is 1. The summed E-state index contributed by atoms with van der Waals surface area (Å²) in [6.07, 6.45) is 1.77. The van der Waals surface area contributed by atoms with Crippen molar-refractivity contribution in [2.24, 2.45) is 5.73 Å². The molecule has 1 heterocycles. The maximum Gasteiger partial charge on any atom is 0.491 e. The van der Waals surface area contributed by atoms with Gasteiger partial charge in [-0.15, -0.1) is 0 Å². The van der Waals surface area contributed by atoms with Crippen molar-refractivity contribution in [3.05, 3.63) is 28.7 Å². The molecule has 7 nitrogen and oxygen atoms in total. The third-order valence-corrected chi connectivity index (χ3v) is 4.91. The summed E-state index contributed by atoms with van der Waals surface area (Å²) >= 11 is 0. The van der Waals surface area contributed by atoms with E-state index in [1.54, 1.807) is 6.08 Å². The minimum atomic E-state index is -1.07. The van der Waals surface area contributed by atoms with Gasteiger partial charge in [0.25, 0.3) is 0 Å². The topological polar surface area (TPSA) is 100 Å². The number of hydrogen-bond donors (Lipinski definition) is 2. The fourth-order valence-electron chi connectivity index (χ4n) is 2.61. The van der Waals surface area contributed by atoms with E-state index in [2.05, 4.69) is 0 Å². The maximum atomic E-state index is 11.3. The molecular weight excluding hydrogens is 337 g/mol. The predicted octanol–water partition coefficient (Wildman–Crippen LogP) is 2.38. The van der Waals surface area contributed by atoms with E-state index < -0.39 is 24.3 Å². The van der Waals surface area contributed by atoms with Crippen molar-refractivity contribution >= 4 is 19.2 Å². The molecule has 0 saturated carbocycles. The highest BCUT2D eigenvalue weighted by Gasteiger charge is 2.52. The third kappa shape index (κ3) is 3.72. The lowest BCUT2D eigenvalue weighted by Gasteiger charge is -2.32. The molecule has 1 aliphatic heterocycles. The first-order chi connectivity index (χ1) is 12.1. The molecule has 0 radical (unpaired) electrons. The van der Waals surface area contributed by atoms with Crippen LogP contribution in [0.25, 0.3) is 6.08 Å². The molecule has 0 atom stereocenters. The Balaban J connectivity index is 2.51. The van der Waals surface area contributed by atoms with Crippen LogP contribution in [-0.2, 0) is 9.31 Å². The van der Waals surface area contributed by atoms with Crippen LogP contribution in [0.15, 0.2) is 17.6 Å². The summed E-state index contributed by atoms with van der Waals surface area (Å²) in [4.78, 5) is 11.3. The molecule has 1 saturated heterocycles. The molecule has 26 heavy (non-hydrogen) atoms. The Bertz CT molecular complexity index is 687. The van der Waals surface area contributed by atoms with Crippen molar-refractivity contribution in [2.75, 3.05) is 20.8 Å². The van der Waals surface area contributed by atoms with Gasteiger partial charge in [-0.25, -0.2) is 4.79 Å². The van der Waals surface area contributed by atoms with Crippen molar-refractivity contribution in [1.82, 2.24) is 0 Å². The molecule has 142 valence electrons. The van der Waals surface area contributed by atoms with Crippen LogP contribution >= 0.6 is 0 Å². The highest BCUT2D eigenvalue weighted by atomic mass is 16.7. The minimum Gasteiger partial charge on any atom is -0.496 e. The number of nitrogens with two attached hydrogens (primary N) is 1. The van der Waals surface area contributed by atoms with Crippen molar-refractivity contribution in [1.29, 1.82) is 0 Å². The largest absolute Gasteiger partial charge is 0.496 e. The number of benzene rings is 1. The molecule has 0 spiro atoms. The zero-order valence-electron chi connectivity index (χ0n) is 16.1. The van der Waals surface area contributed by atoms with Crippen LogP contribution in [0, 0.1) is 0 Å². The second kappa shape index (κ2) is 7.30. The molecule has 8 heteroatoms. The second-order valence-electron chi connectivity index (χ2n) is 7.11. The Morgan fingerprint density at radius 1 is 1.15 bits per heavy atom. The summed E-state index contributed by atoms with van der Waals surface area (Å²) in [5, 5.41) is 9.25. The normalized spacial score (nSPS) is 18.7. The summed E-state index contributed by atoms with van der Waals surface area (Å²) in [5.41, 5.74) is 6.30. The van der Waals surface area contributed by atoms with Crippen LogP contribution in [0.4, 0.5) is 0 Å². The van der Waals surface area contributed by atoms with Crippen LogP contribution in [0.2, 0.25) is 0 Å². The van der Waals surface area contributed by atoms with Gasteiger partial charge in [-0.1, -0.05) is 6.08 Å². The summed E-state index contributed by atoms with van der Waals surface area (Å²) < 4.78 is 22.8. The summed E-state index contributed by atoms with van der Waals surface area (Å²) in [6.45, 7) is 8.05. The van der Waals surface area contributed by atoms with E-state index in [1.807, 2.05) is 27.7 Å². The van der Waals surface area contributed by atoms with Gasteiger partial charge in [0.05, 0.1) is 36.5 Å². The molecule has 0 unspecified atom stereocenters. The molecule has 1 aliphatic rings. The standard InChI is InChI=1S/C18H26BNO6/c1-17(2)18(3,4)26-19(25-17)12(10-20)9-13-14(23-5)7-11(16(21)22)8-15(13)24-6/h7-9H,10,20H2,1-6H3,(H,21,22). The second-order valence-corrected chi connectivity index (χ2v) is 7.11. The Labute approximate surface area is 154 Å². The van der Waals surface area contributed by atoms with Crippen LogP contribution in [0.3, 0.4) is 0 Å². The molecule has 1 fully saturated rings. The average Bonchev–Trinajstić information content (AvgIpc) is 2.79. The number of methoxy groups -OCH3 is 2. The molecule has 0 bridgehead atoms. The molecule has 2 rings (SSSR count). The summed E-state index contributed by atoms with van der Waals surface area (Å²) in [6, 6.07) is 2.88. The lowest BCUT2D eigenvalue weighted by molar-refractivity contribution is 0.00578. The van der Waals surface area contributed by atoms with E-state index in [9.17, 15) is 9.90 Å². The predicted molar refractivity (Wildman–Crippen MR) is 99.6 cm³/mol. The van der Waals surface area contributed by atoms with Crippen molar-refractivity contribution in [3.63, 3.8) is 0 Å². The molecule has 1 aromatic rings.